The molecule has 3 rings (SSSR count). The first-order chi connectivity index (χ1) is 18.9. The molecule has 0 radical (unpaired) electrons. The fourth-order valence-corrected chi connectivity index (χ4v) is 4.69. The number of ether oxygens (including phenoxy) is 4. The maximum Gasteiger partial charge on any atom is 0.325 e. The van der Waals surface area contributed by atoms with Gasteiger partial charge in [-0.05, 0) is 43.2 Å². The summed E-state index contributed by atoms with van der Waals surface area (Å²) in [5.74, 6) is 1.29. The summed E-state index contributed by atoms with van der Waals surface area (Å²) in [6.07, 6.45) is -1.42. The number of pyridine rings is 1. The predicted octanol–water partition coefficient (Wildman–Crippen LogP) is 1.87. The maximum atomic E-state index is 12.1. The van der Waals surface area contributed by atoms with Crippen molar-refractivity contribution in [2.24, 2.45) is 0 Å². The number of terminal acetylenes is 1. The number of carbonyl (C=O) groups is 3. The first-order valence-corrected chi connectivity index (χ1v) is 14.2. The van der Waals surface area contributed by atoms with Crippen LogP contribution in [0.1, 0.15) is 39.5 Å². The van der Waals surface area contributed by atoms with Crippen molar-refractivity contribution >= 4 is 42.2 Å². The van der Waals surface area contributed by atoms with E-state index in [1.54, 1.807) is 30.3 Å². The van der Waals surface area contributed by atoms with Gasteiger partial charge in [0.25, 0.3) is 0 Å². The Kier molecular flexibility index (Phi) is 10.6. The van der Waals surface area contributed by atoms with E-state index in [0.29, 0.717) is 29.6 Å². The number of aromatic nitrogens is 1. The summed E-state index contributed by atoms with van der Waals surface area (Å²) in [7, 11) is -4.44. The van der Waals surface area contributed by atoms with Crippen LogP contribution in [0.4, 0.5) is 5.82 Å². The molecule has 14 heteroatoms. The second-order valence-corrected chi connectivity index (χ2v) is 10.9. The van der Waals surface area contributed by atoms with E-state index < -0.39 is 56.4 Å². The zero-order valence-corrected chi connectivity index (χ0v) is 22.8. The average molecular weight is 579 g/mol. The predicted molar refractivity (Wildman–Crippen MR) is 141 cm³/mol. The normalized spacial score (nSPS) is 22.6. The highest BCUT2D eigenvalue weighted by atomic mass is 31.2. The first-order valence-electron chi connectivity index (χ1n) is 12.4. The molecule has 1 aromatic carbocycles. The molecule has 5 atom stereocenters. The Morgan fingerprint density at radius 3 is 2.48 bits per heavy atom. The van der Waals surface area contributed by atoms with Crippen molar-refractivity contribution in [1.82, 2.24) is 4.98 Å². The standard InChI is InChI=1S/C26H31N2O11P/c1-4-5-6-7-22(31)28-21-11-8-17-14-18(9-10-19(17)27-21)38-26-25(37-16(3)30)24(36-15(2)29)23(32)20(39-26)12-13-40(33,34)35/h1,8-11,14,20,23-26,32H,5-7,12-13H2,2-3H3,(H,27,28,31)(H2,33,34,35)/t20-,23-,24+,25+,26+/m1/s1. The van der Waals surface area contributed by atoms with Gasteiger partial charge >= 0.3 is 19.5 Å². The number of nitrogens with one attached hydrogen (secondary N) is 1. The number of benzene rings is 1. The van der Waals surface area contributed by atoms with Crippen LogP contribution in [0.25, 0.3) is 10.9 Å². The smallest absolute Gasteiger partial charge is 0.325 e. The molecule has 0 saturated carbocycles. The van der Waals surface area contributed by atoms with Crippen LogP contribution in [0, 0.1) is 12.3 Å². The molecule has 1 aliphatic rings. The number of unbranched alkanes of at least 4 members (excludes halogenated alkanes) is 1. The molecule has 1 fully saturated rings. The third-order valence-electron chi connectivity index (χ3n) is 5.83. The van der Waals surface area contributed by atoms with Gasteiger partial charge in [0.1, 0.15) is 17.7 Å². The van der Waals surface area contributed by atoms with E-state index in [1.807, 2.05) is 0 Å². The van der Waals surface area contributed by atoms with Crippen molar-refractivity contribution in [3.8, 4) is 18.1 Å². The Hall–Kier alpha value is -3.53. The number of hydrogen-bond acceptors (Lipinski definition) is 10. The largest absolute Gasteiger partial charge is 0.461 e. The molecule has 2 heterocycles. The zero-order chi connectivity index (χ0) is 29.4. The van der Waals surface area contributed by atoms with Crippen molar-refractivity contribution in [1.29, 1.82) is 0 Å². The van der Waals surface area contributed by atoms with Crippen molar-refractivity contribution in [2.45, 2.75) is 70.2 Å². The lowest BCUT2D eigenvalue weighted by Gasteiger charge is -2.43. The van der Waals surface area contributed by atoms with Gasteiger partial charge in [0.15, 0.2) is 6.10 Å². The number of aliphatic hydroxyl groups is 1. The molecule has 13 nitrogen and oxygen atoms in total. The van der Waals surface area contributed by atoms with Crippen LogP contribution in [-0.2, 0) is 33.2 Å². The topological polar surface area (TPSA) is 191 Å². The number of amides is 1. The third-order valence-corrected chi connectivity index (χ3v) is 6.67. The maximum absolute atomic E-state index is 12.1. The first kappa shape index (κ1) is 31.0. The van der Waals surface area contributed by atoms with Crippen LogP contribution >= 0.6 is 7.60 Å². The molecule has 4 N–H and O–H groups in total. The Bertz CT molecular complexity index is 1320. The van der Waals surface area contributed by atoms with Gasteiger partial charge < -0.3 is 39.2 Å². The lowest BCUT2D eigenvalue weighted by molar-refractivity contribution is -0.280. The van der Waals surface area contributed by atoms with E-state index in [1.165, 1.54) is 0 Å². The summed E-state index contributed by atoms with van der Waals surface area (Å²) >= 11 is 0. The van der Waals surface area contributed by atoms with Gasteiger partial charge in [0.05, 0.1) is 17.8 Å². The summed E-state index contributed by atoms with van der Waals surface area (Å²) < 4.78 is 33.6. The summed E-state index contributed by atoms with van der Waals surface area (Å²) in [6.45, 7) is 2.21. The van der Waals surface area contributed by atoms with E-state index in [9.17, 15) is 33.8 Å². The molecule has 1 aliphatic heterocycles. The molecule has 40 heavy (non-hydrogen) atoms. The number of rotatable bonds is 11. The Balaban J connectivity index is 1.83. The van der Waals surface area contributed by atoms with E-state index >= 15 is 0 Å². The molecule has 0 spiro atoms. The number of fused-ring (bicyclic) bond motifs is 1. The number of carbonyl (C=O) groups excluding carboxylic acids is 3. The van der Waals surface area contributed by atoms with Crippen molar-refractivity contribution in [3.63, 3.8) is 0 Å². The highest BCUT2D eigenvalue weighted by Gasteiger charge is 2.50. The van der Waals surface area contributed by atoms with Gasteiger partial charge in [-0.3, -0.25) is 18.9 Å². The van der Waals surface area contributed by atoms with Crippen molar-refractivity contribution in [2.75, 3.05) is 11.5 Å². The molecular formula is C26H31N2O11P. The number of hydrogen-bond donors (Lipinski definition) is 4. The van der Waals surface area contributed by atoms with E-state index in [-0.39, 0.29) is 24.5 Å². The Morgan fingerprint density at radius 1 is 1.12 bits per heavy atom. The van der Waals surface area contributed by atoms with Gasteiger partial charge in [-0.15, -0.1) is 12.3 Å². The van der Waals surface area contributed by atoms with Gasteiger partial charge in [0.2, 0.25) is 18.3 Å². The summed E-state index contributed by atoms with van der Waals surface area (Å²) in [5.41, 5.74) is 0.530. The third kappa shape index (κ3) is 9.01. The minimum atomic E-state index is -4.44. The van der Waals surface area contributed by atoms with Gasteiger partial charge in [-0.2, -0.15) is 0 Å². The molecule has 0 aliphatic carbocycles. The second-order valence-electron chi connectivity index (χ2n) is 9.13. The lowest BCUT2D eigenvalue weighted by Crippen LogP contribution is -2.61. The quantitative estimate of drug-likeness (QED) is 0.131. The second kappa shape index (κ2) is 13.7. The SMILES string of the molecule is C#CCCCC(=O)Nc1ccc2cc(O[C@H]3O[C@H](CCP(=O)(O)O)[C@@H](O)[C@H](OC(C)=O)[C@@H]3OC(C)=O)ccc2n1. The van der Waals surface area contributed by atoms with Crippen LogP contribution < -0.4 is 10.1 Å². The fourth-order valence-electron chi connectivity index (χ4n) is 4.10. The fraction of sp³-hybridized carbons (Fsp3) is 0.462. The van der Waals surface area contributed by atoms with Crippen LogP contribution in [0.15, 0.2) is 30.3 Å². The van der Waals surface area contributed by atoms with Crippen molar-refractivity contribution < 1.29 is 52.8 Å². The molecule has 1 amide bonds. The number of nitrogens with zero attached hydrogens (tertiary/aromatic N) is 1. The zero-order valence-electron chi connectivity index (χ0n) is 21.9. The monoisotopic (exact) mass is 578 g/mol. The van der Waals surface area contributed by atoms with Crippen LogP contribution in [0.2, 0.25) is 0 Å². The van der Waals surface area contributed by atoms with E-state index in [4.69, 9.17) is 25.4 Å². The summed E-state index contributed by atoms with van der Waals surface area (Å²) in [4.78, 5) is 58.6. The highest BCUT2D eigenvalue weighted by Crippen LogP contribution is 2.38. The molecule has 2 aromatic rings. The van der Waals surface area contributed by atoms with Crippen LogP contribution in [0.5, 0.6) is 5.75 Å². The molecule has 1 aromatic heterocycles. The summed E-state index contributed by atoms with van der Waals surface area (Å²) in [5, 5.41) is 14.1. The number of esters is 2. The van der Waals surface area contributed by atoms with E-state index in [2.05, 4.69) is 16.2 Å². The van der Waals surface area contributed by atoms with Crippen LogP contribution in [0.3, 0.4) is 0 Å². The van der Waals surface area contributed by atoms with Crippen LogP contribution in [-0.4, -0.2) is 74.6 Å². The summed E-state index contributed by atoms with van der Waals surface area (Å²) in [6, 6.07) is 8.07. The molecule has 216 valence electrons. The van der Waals surface area contributed by atoms with Gasteiger partial charge in [0, 0.05) is 32.1 Å². The van der Waals surface area contributed by atoms with E-state index in [0.717, 1.165) is 13.8 Å². The minimum absolute atomic E-state index is 0.217. The molecule has 0 bridgehead atoms. The highest BCUT2D eigenvalue weighted by molar-refractivity contribution is 7.51. The molecule has 0 unspecified atom stereocenters. The Morgan fingerprint density at radius 2 is 1.82 bits per heavy atom. The lowest BCUT2D eigenvalue weighted by atomic mass is 9.96. The van der Waals surface area contributed by atoms with Gasteiger partial charge in [-0.25, -0.2) is 4.98 Å². The average Bonchev–Trinajstić information content (AvgIpc) is 2.86. The number of aliphatic hydroxyl groups excluding tert-OH is 1. The number of anilines is 1. The minimum Gasteiger partial charge on any atom is -0.461 e. The van der Waals surface area contributed by atoms with Gasteiger partial charge in [-0.1, -0.05) is 0 Å². The Labute approximate surface area is 230 Å². The molecular weight excluding hydrogens is 547 g/mol. The molecule has 1 saturated heterocycles. The van der Waals surface area contributed by atoms with Crippen molar-refractivity contribution in [3.05, 3.63) is 30.3 Å².